The van der Waals surface area contributed by atoms with Gasteiger partial charge < -0.3 is 39.5 Å². The number of carbonyl (C=O) groups is 4. The van der Waals surface area contributed by atoms with Crippen LogP contribution in [0.5, 0.6) is 0 Å². The van der Waals surface area contributed by atoms with Gasteiger partial charge in [-0.15, -0.1) is 0 Å². The molecule has 2 aliphatic heterocycles. The third-order valence-corrected chi connectivity index (χ3v) is 13.4. The minimum Gasteiger partial charge on any atom is -0.480 e. The van der Waals surface area contributed by atoms with Crippen LogP contribution in [-0.2, 0) is 33.4 Å². The molecule has 0 bridgehead atoms. The van der Waals surface area contributed by atoms with Crippen LogP contribution in [0.4, 0.5) is 0 Å². The Morgan fingerprint density at radius 3 is 2.27 bits per heavy atom. The summed E-state index contributed by atoms with van der Waals surface area (Å²) in [5, 5.41) is 41.7. The predicted octanol–water partition coefficient (Wildman–Crippen LogP) is 8.17. The van der Waals surface area contributed by atoms with Gasteiger partial charge in [0, 0.05) is 39.0 Å². The van der Waals surface area contributed by atoms with E-state index >= 15 is 0 Å². The lowest BCUT2D eigenvalue weighted by Gasteiger charge is -2.38. The zero-order valence-electron chi connectivity index (χ0n) is 39.7. The van der Waals surface area contributed by atoms with E-state index in [2.05, 4.69) is 39.8 Å². The first-order valence-electron chi connectivity index (χ1n) is 23.4. The highest BCUT2D eigenvalue weighted by atomic mass is 16.6. The lowest BCUT2D eigenvalue weighted by Crippen LogP contribution is -2.59. The van der Waals surface area contributed by atoms with Crippen LogP contribution >= 0.6 is 0 Å². The fourth-order valence-electron chi connectivity index (χ4n) is 9.02. The van der Waals surface area contributed by atoms with Crippen LogP contribution in [-0.4, -0.2) is 112 Å². The molecule has 62 heavy (non-hydrogen) atoms. The number of ketones is 2. The van der Waals surface area contributed by atoms with Crippen LogP contribution in [0.1, 0.15) is 145 Å². The summed E-state index contributed by atoms with van der Waals surface area (Å²) in [5.74, 6) is -4.45. The molecule has 0 radical (unpaired) electrons. The van der Waals surface area contributed by atoms with E-state index in [-0.39, 0.29) is 36.7 Å². The molecule has 0 aromatic heterocycles. The van der Waals surface area contributed by atoms with Crippen LogP contribution in [0, 0.1) is 35.5 Å². The normalized spacial score (nSPS) is 27.4. The van der Waals surface area contributed by atoms with Gasteiger partial charge in [-0.25, -0.2) is 4.79 Å². The van der Waals surface area contributed by atoms with E-state index in [1.165, 1.54) is 31.9 Å². The average molecular weight is 874 g/mol. The highest BCUT2D eigenvalue weighted by Gasteiger charge is 2.50. The number of carbonyl (C=O) groups excluding carboxylic acids is 3. The number of hydrogen-bond acceptors (Lipinski definition) is 10. The number of carboxylic acid groups (broad SMARTS) is 1. The molecule has 8 unspecified atom stereocenters. The minimum atomic E-state index is -2.13. The molecule has 12 atom stereocenters. The van der Waals surface area contributed by atoms with Crippen LogP contribution in [0.3, 0.4) is 0 Å². The Balaban J connectivity index is 0.000000523. The predicted molar refractivity (Wildman–Crippen MR) is 243 cm³/mol. The summed E-state index contributed by atoms with van der Waals surface area (Å²) in [7, 11) is 3.33. The fraction of sp³-hybridized carbons (Fsp3) is 0.760. The van der Waals surface area contributed by atoms with Gasteiger partial charge in [-0.1, -0.05) is 96.4 Å². The second-order valence-electron chi connectivity index (χ2n) is 18.7. The van der Waals surface area contributed by atoms with Crippen LogP contribution in [0.2, 0.25) is 0 Å². The first-order valence-corrected chi connectivity index (χ1v) is 23.4. The molecule has 1 amide bonds. The number of aliphatic carboxylic acids is 1. The summed E-state index contributed by atoms with van der Waals surface area (Å²) < 4.78 is 16.3. The highest BCUT2D eigenvalue weighted by Crippen LogP contribution is 2.33. The standard InChI is InChI=1S/C36H62O5.C14H21NO6/c1-10-25(2)15-12-11-13-16-26(3)21-29(6)34(38)36(41-9)35(39)30(7)23-28(5)33(37)20-19-27(4)22-31-17-14-18-32(24-31)40-8;1-9-5-4-8-21-14(9,20)11(16)12(17)15-7-3-2-6-10(15)13(18)19/h11-13,15-16,23,26-29,31-32,34-36,38-39H,10,14,17-22,24H2,1-9H3;9-10,20H,2-8H2,1H3,(H,18,19)/b12-11+,16-13+,25-15+,30-23+;/t26-,27+,28-,29?,31?,32?,34?,35?,36+;/m1./s1. The first-order chi connectivity index (χ1) is 29.3. The number of Topliss-reactive ketones (excluding diaryl/α,β-unsaturated/α-hetero) is 2. The van der Waals surface area contributed by atoms with E-state index in [1.807, 2.05) is 52.2 Å². The number of likely N-dealkylation sites (tertiary alicyclic amines) is 1. The summed E-state index contributed by atoms with van der Waals surface area (Å²) in [5.41, 5.74) is 2.01. The summed E-state index contributed by atoms with van der Waals surface area (Å²) >= 11 is 0. The summed E-state index contributed by atoms with van der Waals surface area (Å²) in [6.07, 6.45) is 22.2. The van der Waals surface area contributed by atoms with Crippen molar-refractivity contribution in [3.05, 3.63) is 47.6 Å². The third-order valence-electron chi connectivity index (χ3n) is 13.4. The number of hydrogen-bond donors (Lipinski definition) is 4. The molecule has 0 spiro atoms. The lowest BCUT2D eigenvalue weighted by atomic mass is 9.80. The molecule has 4 N–H and O–H groups in total. The quantitative estimate of drug-likeness (QED) is 0.0468. The lowest BCUT2D eigenvalue weighted by molar-refractivity contribution is -0.240. The number of methoxy groups -OCH3 is 2. The van der Waals surface area contributed by atoms with Crippen LogP contribution in [0.15, 0.2) is 47.6 Å². The first kappa shape index (κ1) is 55.1. The van der Waals surface area contributed by atoms with Gasteiger partial charge in [-0.2, -0.15) is 0 Å². The van der Waals surface area contributed by atoms with E-state index in [4.69, 9.17) is 19.3 Å². The molecule has 3 aliphatic rings. The SMILES string of the molecule is CC/C(C)=C/C=C/C=C/[C@@H](C)CC(C)C(O)[C@H](OC)C(O)/C(C)=C/[C@@H](C)C(=O)CC[C@H](C)CC1CCCC(OC)C1.CC1CCCOC1(O)C(=O)C(=O)N1CCCCC1C(=O)O. The van der Waals surface area contributed by atoms with Gasteiger partial charge in [-0.05, 0) is 114 Å². The molecule has 354 valence electrons. The Bertz CT molecular complexity index is 1520. The number of nitrogens with zero attached hydrogens (tertiary/aromatic N) is 1. The van der Waals surface area contributed by atoms with E-state index in [0.29, 0.717) is 62.0 Å². The Morgan fingerprint density at radius 2 is 1.65 bits per heavy atom. The zero-order valence-corrected chi connectivity index (χ0v) is 39.7. The largest absolute Gasteiger partial charge is 0.480 e. The van der Waals surface area contributed by atoms with E-state index in [9.17, 15) is 34.5 Å². The van der Waals surface area contributed by atoms with Crippen molar-refractivity contribution in [2.45, 2.75) is 182 Å². The van der Waals surface area contributed by atoms with E-state index in [1.54, 1.807) is 6.92 Å². The molecular formula is C50H83NO11. The summed E-state index contributed by atoms with van der Waals surface area (Å²) in [4.78, 5) is 49.9. The Kier molecular flexibility index (Phi) is 24.9. The van der Waals surface area contributed by atoms with Gasteiger partial charge in [0.1, 0.15) is 24.0 Å². The highest BCUT2D eigenvalue weighted by molar-refractivity contribution is 6.39. The van der Waals surface area contributed by atoms with E-state index < -0.39 is 53.7 Å². The molecule has 3 fully saturated rings. The van der Waals surface area contributed by atoms with Crippen molar-refractivity contribution in [2.24, 2.45) is 35.5 Å². The number of piperidine rings is 1. The van der Waals surface area contributed by atoms with Crippen molar-refractivity contribution in [2.75, 3.05) is 27.4 Å². The van der Waals surface area contributed by atoms with Crippen molar-refractivity contribution in [3.8, 4) is 0 Å². The molecule has 12 heteroatoms. The number of carboxylic acids is 1. The minimum absolute atomic E-state index is 0.0721. The Morgan fingerprint density at radius 1 is 0.935 bits per heavy atom. The second-order valence-corrected chi connectivity index (χ2v) is 18.7. The fourth-order valence-corrected chi connectivity index (χ4v) is 9.02. The second kappa shape index (κ2) is 28.0. The Labute approximate surface area is 373 Å². The molecule has 1 aliphatic carbocycles. The van der Waals surface area contributed by atoms with Crippen molar-refractivity contribution < 1.29 is 53.8 Å². The van der Waals surface area contributed by atoms with E-state index in [0.717, 1.165) is 37.0 Å². The molecular weight excluding hydrogens is 791 g/mol. The van der Waals surface area contributed by atoms with Gasteiger partial charge in [-0.3, -0.25) is 14.4 Å². The van der Waals surface area contributed by atoms with Crippen molar-refractivity contribution in [1.29, 1.82) is 0 Å². The van der Waals surface area contributed by atoms with Crippen molar-refractivity contribution in [1.82, 2.24) is 4.90 Å². The molecule has 0 aromatic carbocycles. The van der Waals surface area contributed by atoms with Gasteiger partial charge >= 0.3 is 5.97 Å². The molecule has 2 heterocycles. The maximum Gasteiger partial charge on any atom is 0.326 e. The van der Waals surface area contributed by atoms with Gasteiger partial charge in [0.05, 0.1) is 18.8 Å². The zero-order chi connectivity index (χ0) is 46.6. The van der Waals surface area contributed by atoms with Crippen molar-refractivity contribution >= 4 is 23.4 Å². The number of allylic oxidation sites excluding steroid dienone is 7. The molecule has 12 nitrogen and oxygen atoms in total. The van der Waals surface area contributed by atoms with Crippen LogP contribution < -0.4 is 0 Å². The molecule has 3 rings (SSSR count). The summed E-state index contributed by atoms with van der Waals surface area (Å²) in [6, 6.07) is -1.00. The average Bonchev–Trinajstić information content (AvgIpc) is 3.25. The monoisotopic (exact) mass is 874 g/mol. The van der Waals surface area contributed by atoms with Gasteiger partial charge in [0.2, 0.25) is 5.79 Å². The summed E-state index contributed by atoms with van der Waals surface area (Å²) in [6.45, 7) is 16.4. The number of ether oxygens (including phenoxy) is 3. The Hall–Kier alpha value is -3.00. The number of aliphatic hydroxyl groups is 3. The number of aliphatic hydroxyl groups excluding tert-OH is 2. The topological polar surface area (TPSA) is 180 Å². The molecule has 2 saturated heterocycles. The maximum atomic E-state index is 12.9. The molecule has 0 aromatic rings. The number of rotatable bonds is 22. The van der Waals surface area contributed by atoms with Gasteiger partial charge in [0.15, 0.2) is 0 Å². The van der Waals surface area contributed by atoms with Crippen molar-refractivity contribution in [3.63, 3.8) is 0 Å². The maximum absolute atomic E-state index is 12.9. The molecule has 1 saturated carbocycles. The smallest absolute Gasteiger partial charge is 0.326 e. The van der Waals surface area contributed by atoms with Crippen LogP contribution in [0.25, 0.3) is 0 Å². The third kappa shape index (κ3) is 17.5. The number of amides is 1. The van der Waals surface area contributed by atoms with Gasteiger partial charge in [0.25, 0.3) is 11.7 Å².